The van der Waals surface area contributed by atoms with Crippen LogP contribution in [0.15, 0.2) is 48.5 Å². The van der Waals surface area contributed by atoms with Gasteiger partial charge >= 0.3 is 5.97 Å². The quantitative estimate of drug-likeness (QED) is 0.605. The molecule has 0 aromatic heterocycles. The Bertz CT molecular complexity index is 771. The van der Waals surface area contributed by atoms with E-state index in [0.717, 1.165) is 22.4 Å². The van der Waals surface area contributed by atoms with Crippen molar-refractivity contribution in [1.29, 1.82) is 0 Å². The summed E-state index contributed by atoms with van der Waals surface area (Å²) in [4.78, 5) is 25.0. The van der Waals surface area contributed by atoms with Crippen molar-refractivity contribution in [3.8, 4) is 0 Å². The predicted octanol–water partition coefficient (Wildman–Crippen LogP) is 5.61. The number of para-hydroxylation sites is 1. The fourth-order valence-electron chi connectivity index (χ4n) is 3.33. The fourth-order valence-corrected chi connectivity index (χ4v) is 3.33. The minimum Gasteiger partial charge on any atom is -0.455 e. The van der Waals surface area contributed by atoms with Gasteiger partial charge in [-0.2, -0.15) is 0 Å². The number of carbonyl (C=O) groups is 2. The Hall–Kier alpha value is -2.62. The SMILES string of the molecule is CC[C@H](C(=O)OCC(=O)Nc1c(C(C)C)cccc1C(C)C)c1ccccc1. The van der Waals surface area contributed by atoms with E-state index in [1.54, 1.807) is 0 Å². The summed E-state index contributed by atoms with van der Waals surface area (Å²) < 4.78 is 5.33. The molecule has 0 bridgehead atoms. The molecule has 4 heteroatoms. The summed E-state index contributed by atoms with van der Waals surface area (Å²) in [5, 5.41) is 2.98. The summed E-state index contributed by atoms with van der Waals surface area (Å²) in [6.07, 6.45) is 0.623. The molecular weight excluding hydrogens is 350 g/mol. The highest BCUT2D eigenvalue weighted by atomic mass is 16.5. The number of esters is 1. The van der Waals surface area contributed by atoms with Crippen molar-refractivity contribution in [2.75, 3.05) is 11.9 Å². The van der Waals surface area contributed by atoms with Crippen molar-refractivity contribution >= 4 is 17.6 Å². The van der Waals surface area contributed by atoms with E-state index in [2.05, 4.69) is 33.0 Å². The van der Waals surface area contributed by atoms with Gasteiger partial charge in [-0.1, -0.05) is 83.1 Å². The van der Waals surface area contributed by atoms with Crippen LogP contribution in [0.5, 0.6) is 0 Å². The first-order valence-corrected chi connectivity index (χ1v) is 9.99. The maximum Gasteiger partial charge on any atom is 0.313 e. The zero-order valence-electron chi connectivity index (χ0n) is 17.5. The van der Waals surface area contributed by atoms with Crippen LogP contribution in [0.4, 0.5) is 5.69 Å². The molecule has 1 N–H and O–H groups in total. The molecule has 2 aromatic carbocycles. The third-order valence-electron chi connectivity index (χ3n) is 4.88. The topological polar surface area (TPSA) is 55.4 Å². The van der Waals surface area contributed by atoms with Gasteiger partial charge < -0.3 is 10.1 Å². The van der Waals surface area contributed by atoms with Crippen LogP contribution in [-0.2, 0) is 14.3 Å². The molecule has 0 saturated carbocycles. The highest BCUT2D eigenvalue weighted by molar-refractivity contribution is 5.95. The number of hydrogen-bond acceptors (Lipinski definition) is 3. The number of nitrogens with one attached hydrogen (secondary N) is 1. The minimum absolute atomic E-state index is 0.277. The maximum absolute atomic E-state index is 12.5. The largest absolute Gasteiger partial charge is 0.455 e. The number of hydrogen-bond donors (Lipinski definition) is 1. The van der Waals surface area contributed by atoms with Gasteiger partial charge in [0.05, 0.1) is 5.92 Å². The molecule has 2 aromatic rings. The van der Waals surface area contributed by atoms with E-state index in [-0.39, 0.29) is 36.2 Å². The molecule has 1 atom stereocenters. The lowest BCUT2D eigenvalue weighted by Gasteiger charge is -2.20. The molecule has 1 amide bonds. The fraction of sp³-hybridized carbons (Fsp3) is 0.417. The van der Waals surface area contributed by atoms with Crippen molar-refractivity contribution in [3.05, 3.63) is 65.2 Å². The monoisotopic (exact) mass is 381 g/mol. The number of carbonyl (C=O) groups excluding carboxylic acids is 2. The van der Waals surface area contributed by atoms with Gasteiger partial charge in [-0.3, -0.25) is 9.59 Å². The van der Waals surface area contributed by atoms with Crippen LogP contribution in [0.25, 0.3) is 0 Å². The van der Waals surface area contributed by atoms with Crippen LogP contribution in [0.3, 0.4) is 0 Å². The van der Waals surface area contributed by atoms with Crippen LogP contribution in [-0.4, -0.2) is 18.5 Å². The lowest BCUT2D eigenvalue weighted by Crippen LogP contribution is -2.25. The van der Waals surface area contributed by atoms with Gasteiger partial charge in [0.1, 0.15) is 0 Å². The van der Waals surface area contributed by atoms with Crippen LogP contribution >= 0.6 is 0 Å². The number of rotatable bonds is 8. The Morgan fingerprint density at radius 3 is 1.96 bits per heavy atom. The summed E-state index contributed by atoms with van der Waals surface area (Å²) in [6, 6.07) is 15.6. The lowest BCUT2D eigenvalue weighted by molar-refractivity contribution is -0.149. The van der Waals surface area contributed by atoms with Gasteiger partial charge in [0.15, 0.2) is 6.61 Å². The molecule has 0 saturated heterocycles. The molecule has 0 spiro atoms. The van der Waals surface area contributed by atoms with Crippen molar-refractivity contribution in [2.45, 2.75) is 58.8 Å². The molecule has 0 heterocycles. The summed E-state index contributed by atoms with van der Waals surface area (Å²) >= 11 is 0. The number of anilines is 1. The number of amides is 1. The average molecular weight is 382 g/mol. The van der Waals surface area contributed by atoms with E-state index in [0.29, 0.717) is 6.42 Å². The van der Waals surface area contributed by atoms with Crippen LogP contribution < -0.4 is 5.32 Å². The molecule has 0 aliphatic heterocycles. The first kappa shape index (κ1) is 21.7. The first-order chi connectivity index (χ1) is 13.3. The highest BCUT2D eigenvalue weighted by Gasteiger charge is 2.22. The zero-order valence-corrected chi connectivity index (χ0v) is 17.5. The Morgan fingerprint density at radius 2 is 1.46 bits per heavy atom. The zero-order chi connectivity index (χ0) is 20.7. The number of benzene rings is 2. The molecular formula is C24H31NO3. The molecule has 2 rings (SSSR count). The second kappa shape index (κ2) is 10.1. The molecule has 0 aliphatic carbocycles. The van der Waals surface area contributed by atoms with Gasteiger partial charge in [-0.25, -0.2) is 0 Å². The van der Waals surface area contributed by atoms with E-state index < -0.39 is 0 Å². The minimum atomic E-state index is -0.370. The average Bonchev–Trinajstić information content (AvgIpc) is 2.67. The van der Waals surface area contributed by atoms with Gasteiger partial charge in [0, 0.05) is 5.69 Å². The molecule has 0 aliphatic rings. The van der Waals surface area contributed by atoms with Crippen molar-refractivity contribution < 1.29 is 14.3 Å². The van der Waals surface area contributed by atoms with Crippen molar-refractivity contribution in [1.82, 2.24) is 0 Å². The van der Waals surface area contributed by atoms with Crippen LogP contribution in [0.2, 0.25) is 0 Å². The van der Waals surface area contributed by atoms with Gasteiger partial charge in [-0.05, 0) is 34.9 Å². The van der Waals surface area contributed by atoms with Crippen molar-refractivity contribution in [3.63, 3.8) is 0 Å². The molecule has 4 nitrogen and oxygen atoms in total. The third kappa shape index (κ3) is 5.44. The van der Waals surface area contributed by atoms with Gasteiger partial charge in [0.25, 0.3) is 5.91 Å². The van der Waals surface area contributed by atoms with E-state index in [9.17, 15) is 9.59 Å². The second-order valence-electron chi connectivity index (χ2n) is 7.65. The van der Waals surface area contributed by atoms with Crippen LogP contribution in [0, 0.1) is 0 Å². The summed E-state index contributed by atoms with van der Waals surface area (Å²) in [5.74, 6) is -0.488. The predicted molar refractivity (Wildman–Crippen MR) is 114 cm³/mol. The molecule has 0 radical (unpaired) electrons. The van der Waals surface area contributed by atoms with Crippen molar-refractivity contribution in [2.24, 2.45) is 0 Å². The summed E-state index contributed by atoms with van der Waals surface area (Å²) in [5.41, 5.74) is 3.91. The van der Waals surface area contributed by atoms with E-state index in [4.69, 9.17) is 4.74 Å². The molecule has 28 heavy (non-hydrogen) atoms. The number of ether oxygens (including phenoxy) is 1. The molecule has 0 fully saturated rings. The Kier molecular flexibility index (Phi) is 7.80. The summed E-state index contributed by atoms with van der Waals surface area (Å²) in [6.45, 7) is 10.0. The maximum atomic E-state index is 12.5. The Labute approximate surface area is 168 Å². The summed E-state index contributed by atoms with van der Waals surface area (Å²) in [7, 11) is 0. The molecule has 0 unspecified atom stereocenters. The van der Waals surface area contributed by atoms with E-state index >= 15 is 0 Å². The highest BCUT2D eigenvalue weighted by Crippen LogP contribution is 2.32. The smallest absolute Gasteiger partial charge is 0.313 e. The standard InChI is InChI=1S/C24H31NO3/c1-6-19(18-11-8-7-9-12-18)24(27)28-15-22(26)25-23-20(16(2)3)13-10-14-21(23)17(4)5/h7-14,16-17,19H,6,15H2,1-5H3,(H,25,26)/t19-/m0/s1. The van der Waals surface area contributed by atoms with E-state index in [1.165, 1.54) is 0 Å². The first-order valence-electron chi connectivity index (χ1n) is 9.99. The Morgan fingerprint density at radius 1 is 0.893 bits per heavy atom. The van der Waals surface area contributed by atoms with Gasteiger partial charge in [-0.15, -0.1) is 0 Å². The normalized spacial score (nSPS) is 12.1. The molecule has 150 valence electrons. The van der Waals surface area contributed by atoms with Crippen LogP contribution in [0.1, 0.15) is 75.5 Å². The van der Waals surface area contributed by atoms with E-state index in [1.807, 2.05) is 55.5 Å². The third-order valence-corrected chi connectivity index (χ3v) is 4.88. The Balaban J connectivity index is 2.07. The van der Waals surface area contributed by atoms with Gasteiger partial charge in [0.2, 0.25) is 0 Å². The lowest BCUT2D eigenvalue weighted by atomic mass is 9.92. The second-order valence-corrected chi connectivity index (χ2v) is 7.65.